The van der Waals surface area contributed by atoms with Gasteiger partial charge < -0.3 is 0 Å². The molecule has 0 radical (unpaired) electrons. The van der Waals surface area contributed by atoms with Gasteiger partial charge in [-0.1, -0.05) is 0 Å². The third-order valence-corrected chi connectivity index (χ3v) is 0.289. The normalized spacial score (nSPS) is 4.00. The quantitative estimate of drug-likeness (QED) is 0.331. The van der Waals surface area contributed by atoms with Gasteiger partial charge in [0.05, 0.1) is 0 Å². The summed E-state index contributed by atoms with van der Waals surface area (Å²) in [7, 11) is 4.56. The van der Waals surface area contributed by atoms with E-state index in [1.54, 1.807) is 0 Å². The SMILES string of the molecule is B=BBC. The van der Waals surface area contributed by atoms with Crippen LogP contribution in [-0.2, 0) is 0 Å². The Morgan fingerprint density at radius 2 is 2.25 bits per heavy atom. The van der Waals surface area contributed by atoms with Crippen LogP contribution in [0.1, 0.15) is 0 Å². The molecule has 0 aliphatic carbocycles. The van der Waals surface area contributed by atoms with Crippen molar-refractivity contribution in [2.24, 2.45) is 0 Å². The first kappa shape index (κ1) is 4.19. The van der Waals surface area contributed by atoms with Crippen molar-refractivity contribution >= 4 is 21.2 Å². The first-order valence-electron chi connectivity index (χ1n) is 1.52. The molecule has 3 heteroatoms. The molecule has 0 aliphatic heterocycles. The van der Waals surface area contributed by atoms with E-state index in [0.29, 0.717) is 0 Å². The minimum atomic E-state index is 1.08. The molecule has 0 aromatic carbocycles. The molecule has 0 saturated heterocycles. The van der Waals surface area contributed by atoms with Crippen molar-refractivity contribution in [3.05, 3.63) is 0 Å². The van der Waals surface area contributed by atoms with Gasteiger partial charge >= 0.3 is 28.1 Å². The van der Waals surface area contributed by atoms with Gasteiger partial charge in [-0.25, -0.2) is 0 Å². The second-order valence-electron chi connectivity index (χ2n) is 0.697. The zero-order valence-electron chi connectivity index (χ0n) is 2.99. The summed E-state index contributed by atoms with van der Waals surface area (Å²) >= 11 is 0. The molecule has 0 aliphatic rings. The van der Waals surface area contributed by atoms with Crippen LogP contribution in [0, 0.1) is 0 Å². The van der Waals surface area contributed by atoms with Crippen LogP contribution in [0.25, 0.3) is 0 Å². The van der Waals surface area contributed by atoms with Gasteiger partial charge in [0.2, 0.25) is 0 Å². The summed E-state index contributed by atoms with van der Waals surface area (Å²) in [5.41, 5.74) is 0. The van der Waals surface area contributed by atoms with Gasteiger partial charge in [0.1, 0.15) is 0 Å². The van der Waals surface area contributed by atoms with E-state index in [-0.39, 0.29) is 0 Å². The van der Waals surface area contributed by atoms with Gasteiger partial charge in [0.25, 0.3) is 0 Å². The molecule has 0 unspecified atom stereocenters. The van der Waals surface area contributed by atoms with Crippen LogP contribution >= 0.6 is 0 Å². The van der Waals surface area contributed by atoms with Gasteiger partial charge in [0.15, 0.2) is 0 Å². The van der Waals surface area contributed by atoms with E-state index < -0.39 is 0 Å². The summed E-state index contributed by atoms with van der Waals surface area (Å²) < 4.78 is 0. The Hall–Kier alpha value is 0.195. The fourth-order valence-corrected chi connectivity index (χ4v) is 0. The number of rotatable bonds is 1. The van der Waals surface area contributed by atoms with Crippen LogP contribution in [0.5, 0.6) is 0 Å². The minimum absolute atomic E-state index is 1.08. The summed E-state index contributed by atoms with van der Waals surface area (Å²) in [6, 6.07) is 0. The molecule has 18 valence electrons. The fraction of sp³-hybridized carbons (Fsp3) is 1.00. The van der Waals surface area contributed by atoms with E-state index in [4.69, 9.17) is 0 Å². The molecule has 0 nitrogen and oxygen atoms in total. The first-order valence-corrected chi connectivity index (χ1v) is 1.52. The van der Waals surface area contributed by atoms with Crippen molar-refractivity contribution in [1.82, 2.24) is 0 Å². The summed E-state index contributed by atoms with van der Waals surface area (Å²) in [6.07, 6.45) is 0. The maximum absolute atomic E-state index is 3.48. The molecular weight excluding hydrogens is 44.4 g/mol. The Kier molecular flexibility index (Phi) is 3.35. The van der Waals surface area contributed by atoms with E-state index in [1.165, 1.54) is 0 Å². The number of hydrogen-bond acceptors (Lipinski definition) is 0. The van der Waals surface area contributed by atoms with Crippen molar-refractivity contribution in [2.45, 2.75) is 6.82 Å². The van der Waals surface area contributed by atoms with Gasteiger partial charge in [0, 0.05) is 0 Å². The molecule has 0 spiro atoms. The van der Waals surface area contributed by atoms with Gasteiger partial charge in [-0.15, -0.1) is 0 Å². The van der Waals surface area contributed by atoms with E-state index in [0.717, 1.165) is 7.17 Å². The van der Waals surface area contributed by atoms with Crippen LogP contribution in [-0.4, -0.2) is 21.2 Å². The Balaban J connectivity index is 2.30. The predicted octanol–water partition coefficient (Wildman–Crippen LogP) is -1.09. The monoisotopic (exact) mass is 50.1 g/mol. The van der Waals surface area contributed by atoms with Crippen molar-refractivity contribution in [3.63, 3.8) is 0 Å². The fourth-order valence-electron chi connectivity index (χ4n) is 0. The zero-order valence-corrected chi connectivity index (χ0v) is 2.99. The average Bonchev–Trinajstić information content (AvgIpc) is 1.37. The van der Waals surface area contributed by atoms with Crippen LogP contribution in [0.15, 0.2) is 0 Å². The summed E-state index contributed by atoms with van der Waals surface area (Å²) in [4.78, 5) is 0. The standard InChI is InChI=1S/CH5B3/c1-3-4-2/h2-3H,1H3. The molecular formula is CH5B3. The topological polar surface area (TPSA) is 0 Å². The van der Waals surface area contributed by atoms with E-state index in [2.05, 4.69) is 14.2 Å². The van der Waals surface area contributed by atoms with E-state index >= 15 is 0 Å². The summed E-state index contributed by atoms with van der Waals surface area (Å²) in [5.74, 6) is 0. The molecule has 4 heavy (non-hydrogen) atoms. The molecule has 0 rings (SSSR count). The summed E-state index contributed by atoms with van der Waals surface area (Å²) in [6.45, 7) is 3.94. The predicted molar refractivity (Wildman–Crippen MR) is 25.9 cm³/mol. The molecule has 0 saturated carbocycles. The molecule has 0 fully saturated rings. The summed E-state index contributed by atoms with van der Waals surface area (Å²) in [5, 5.41) is 0. The second-order valence-corrected chi connectivity index (χ2v) is 0.697. The van der Waals surface area contributed by atoms with Gasteiger partial charge in [-0.3, -0.25) is 0 Å². The van der Waals surface area contributed by atoms with Gasteiger partial charge in [-0.2, -0.15) is 0 Å². The van der Waals surface area contributed by atoms with Crippen molar-refractivity contribution in [1.29, 1.82) is 0 Å². The second kappa shape index (κ2) is 3.19. The van der Waals surface area contributed by atoms with Crippen molar-refractivity contribution < 1.29 is 0 Å². The van der Waals surface area contributed by atoms with Crippen molar-refractivity contribution in [3.8, 4) is 0 Å². The van der Waals surface area contributed by atoms with Crippen LogP contribution in [0.4, 0.5) is 0 Å². The molecule has 0 N–H and O–H groups in total. The first-order chi connectivity index (χ1) is 1.91. The third-order valence-electron chi connectivity index (χ3n) is 0.289. The molecule has 0 amide bonds. The zero-order chi connectivity index (χ0) is 3.41. The maximum atomic E-state index is 3.48. The molecule has 0 bridgehead atoms. The average molecular weight is 49.5 g/mol. The van der Waals surface area contributed by atoms with E-state index in [9.17, 15) is 0 Å². The van der Waals surface area contributed by atoms with Crippen molar-refractivity contribution in [2.75, 3.05) is 0 Å². The molecule has 0 atom stereocenters. The van der Waals surface area contributed by atoms with Crippen LogP contribution in [0.2, 0.25) is 6.82 Å². The third kappa shape index (κ3) is 2.19. The van der Waals surface area contributed by atoms with Gasteiger partial charge in [-0.05, 0) is 0 Å². The Labute approximate surface area is 29.1 Å². The molecule has 0 aromatic rings. The number of hydrogen-bond donors (Lipinski definition) is 0. The Morgan fingerprint density at radius 1 is 2.00 bits per heavy atom. The molecule has 0 aromatic heterocycles. The van der Waals surface area contributed by atoms with Crippen LogP contribution in [0.3, 0.4) is 0 Å². The van der Waals surface area contributed by atoms with E-state index in [1.807, 2.05) is 6.69 Å². The van der Waals surface area contributed by atoms with Crippen LogP contribution < -0.4 is 0 Å². The Morgan fingerprint density at radius 3 is 2.25 bits per heavy atom. The Bertz CT molecular complexity index is 17.2. The molecule has 0 heterocycles.